The largest absolute Gasteiger partial charge is 0.374 e. The molecule has 2 rings (SSSR count). The summed E-state index contributed by atoms with van der Waals surface area (Å²) < 4.78 is 13.3. The molecule has 2 aromatic rings. The number of nitro benzene ring substituents is 1. The van der Waals surface area contributed by atoms with Crippen LogP contribution in [-0.4, -0.2) is 9.91 Å². The molecule has 0 bridgehead atoms. The fraction of sp³-hybridized carbons (Fsp3) is 0.154. The number of pyridine rings is 1. The number of halogens is 2. The summed E-state index contributed by atoms with van der Waals surface area (Å²) in [6, 6.07) is 7.47. The number of nitrogens with zero attached hydrogens (tertiary/aromatic N) is 2. The molecule has 0 atom stereocenters. The van der Waals surface area contributed by atoms with Gasteiger partial charge < -0.3 is 5.32 Å². The molecule has 104 valence electrons. The number of rotatable bonds is 4. The van der Waals surface area contributed by atoms with Gasteiger partial charge in [-0.1, -0.05) is 17.7 Å². The van der Waals surface area contributed by atoms with Crippen LogP contribution in [0.3, 0.4) is 0 Å². The van der Waals surface area contributed by atoms with Crippen molar-refractivity contribution in [3.63, 3.8) is 0 Å². The maximum atomic E-state index is 13.3. The average molecular weight is 296 g/mol. The van der Waals surface area contributed by atoms with Crippen molar-refractivity contribution in [2.75, 3.05) is 5.32 Å². The van der Waals surface area contributed by atoms with E-state index in [-0.39, 0.29) is 22.9 Å². The van der Waals surface area contributed by atoms with Crippen molar-refractivity contribution in [2.24, 2.45) is 0 Å². The Labute approximate surface area is 119 Å². The summed E-state index contributed by atoms with van der Waals surface area (Å²) in [6.07, 6.45) is 0. The first-order chi connectivity index (χ1) is 9.47. The van der Waals surface area contributed by atoms with Crippen LogP contribution in [0.25, 0.3) is 0 Å². The Morgan fingerprint density at radius 3 is 2.85 bits per heavy atom. The Balaban J connectivity index is 2.24. The highest BCUT2D eigenvalue weighted by Gasteiger charge is 2.17. The molecule has 0 unspecified atom stereocenters. The third kappa shape index (κ3) is 3.21. The SMILES string of the molecule is Cc1cccc(CNc2cc(Cl)c(F)cc2[N+](=O)[O-])n1. The smallest absolute Gasteiger partial charge is 0.295 e. The Bertz CT molecular complexity index is 664. The van der Waals surface area contributed by atoms with E-state index < -0.39 is 10.7 Å². The molecular formula is C13H11ClFN3O2. The van der Waals surface area contributed by atoms with Crippen molar-refractivity contribution >= 4 is 23.0 Å². The zero-order valence-electron chi connectivity index (χ0n) is 10.6. The van der Waals surface area contributed by atoms with Gasteiger partial charge in [-0.2, -0.15) is 0 Å². The molecule has 0 saturated carbocycles. The van der Waals surface area contributed by atoms with Gasteiger partial charge in [-0.05, 0) is 25.1 Å². The predicted molar refractivity (Wildman–Crippen MR) is 74.4 cm³/mol. The summed E-state index contributed by atoms with van der Waals surface area (Å²) in [7, 11) is 0. The second-order valence-electron chi connectivity index (χ2n) is 4.16. The van der Waals surface area contributed by atoms with E-state index in [9.17, 15) is 14.5 Å². The van der Waals surface area contributed by atoms with E-state index in [0.717, 1.165) is 17.5 Å². The molecule has 7 heteroatoms. The van der Waals surface area contributed by atoms with Crippen LogP contribution < -0.4 is 5.32 Å². The van der Waals surface area contributed by atoms with Crippen LogP contribution in [0.15, 0.2) is 30.3 Å². The van der Waals surface area contributed by atoms with Crippen LogP contribution >= 0.6 is 11.6 Å². The zero-order valence-corrected chi connectivity index (χ0v) is 11.3. The zero-order chi connectivity index (χ0) is 14.7. The Kier molecular flexibility index (Phi) is 4.14. The minimum atomic E-state index is -0.822. The third-order valence-corrected chi connectivity index (χ3v) is 2.93. The number of benzene rings is 1. The minimum absolute atomic E-state index is 0.157. The predicted octanol–water partition coefficient (Wildman–Crippen LogP) is 3.70. The normalized spacial score (nSPS) is 10.3. The summed E-state index contributed by atoms with van der Waals surface area (Å²) in [6.45, 7) is 2.13. The summed E-state index contributed by atoms with van der Waals surface area (Å²) in [5, 5.41) is 13.6. The van der Waals surface area contributed by atoms with Crippen molar-refractivity contribution in [2.45, 2.75) is 13.5 Å². The fourth-order valence-corrected chi connectivity index (χ4v) is 1.88. The first-order valence-electron chi connectivity index (χ1n) is 5.77. The number of nitrogens with one attached hydrogen (secondary N) is 1. The summed E-state index contributed by atoms with van der Waals surface area (Å²) in [4.78, 5) is 14.5. The Hall–Kier alpha value is -2.21. The average Bonchev–Trinajstić information content (AvgIpc) is 2.39. The lowest BCUT2D eigenvalue weighted by atomic mass is 10.2. The second kappa shape index (κ2) is 5.83. The van der Waals surface area contributed by atoms with Gasteiger partial charge in [0.1, 0.15) is 11.5 Å². The number of nitro groups is 1. The standard InChI is InChI=1S/C13H11ClFN3O2/c1-8-3-2-4-9(17-8)7-16-12-5-10(14)11(15)6-13(12)18(19)20/h2-6,16H,7H2,1H3. The first kappa shape index (κ1) is 14.2. The van der Waals surface area contributed by atoms with E-state index in [2.05, 4.69) is 10.3 Å². The van der Waals surface area contributed by atoms with Gasteiger partial charge in [-0.25, -0.2) is 4.39 Å². The minimum Gasteiger partial charge on any atom is -0.374 e. The van der Waals surface area contributed by atoms with Gasteiger partial charge in [-0.3, -0.25) is 15.1 Å². The van der Waals surface area contributed by atoms with Gasteiger partial charge in [0.25, 0.3) is 5.69 Å². The van der Waals surface area contributed by atoms with Crippen molar-refractivity contribution in [3.8, 4) is 0 Å². The highest BCUT2D eigenvalue weighted by Crippen LogP contribution is 2.30. The quantitative estimate of drug-likeness (QED) is 0.690. The molecule has 0 aliphatic rings. The van der Waals surface area contributed by atoms with Gasteiger partial charge in [0.15, 0.2) is 0 Å². The van der Waals surface area contributed by atoms with Crippen molar-refractivity contribution < 1.29 is 9.31 Å². The molecule has 0 radical (unpaired) electrons. The van der Waals surface area contributed by atoms with Crippen LogP contribution in [0.1, 0.15) is 11.4 Å². The molecule has 20 heavy (non-hydrogen) atoms. The van der Waals surface area contributed by atoms with E-state index in [1.54, 1.807) is 6.07 Å². The topological polar surface area (TPSA) is 68.1 Å². The highest BCUT2D eigenvalue weighted by molar-refractivity contribution is 6.31. The second-order valence-corrected chi connectivity index (χ2v) is 4.57. The van der Waals surface area contributed by atoms with E-state index >= 15 is 0 Å². The lowest BCUT2D eigenvalue weighted by Crippen LogP contribution is -2.05. The first-order valence-corrected chi connectivity index (χ1v) is 6.15. The number of hydrogen-bond acceptors (Lipinski definition) is 4. The maximum Gasteiger partial charge on any atom is 0.295 e. The lowest BCUT2D eigenvalue weighted by Gasteiger charge is -2.08. The van der Waals surface area contributed by atoms with Crippen LogP contribution in [0, 0.1) is 22.9 Å². The maximum absolute atomic E-state index is 13.3. The third-order valence-electron chi connectivity index (χ3n) is 2.64. The molecule has 0 aliphatic heterocycles. The molecule has 0 aliphatic carbocycles. The van der Waals surface area contributed by atoms with Crippen LogP contribution in [0.4, 0.5) is 15.8 Å². The Morgan fingerprint density at radius 1 is 1.45 bits per heavy atom. The van der Waals surface area contributed by atoms with Gasteiger partial charge >= 0.3 is 0 Å². The van der Waals surface area contributed by atoms with E-state index in [4.69, 9.17) is 11.6 Å². The van der Waals surface area contributed by atoms with Gasteiger partial charge in [0, 0.05) is 5.69 Å². The van der Waals surface area contributed by atoms with Crippen LogP contribution in [0.2, 0.25) is 5.02 Å². The molecule has 1 N–H and O–H groups in total. The molecule has 0 fully saturated rings. The summed E-state index contributed by atoms with van der Waals surface area (Å²) in [5.74, 6) is -0.822. The van der Waals surface area contributed by atoms with E-state index in [0.29, 0.717) is 0 Å². The molecular weight excluding hydrogens is 285 g/mol. The molecule has 1 aromatic heterocycles. The molecule has 1 aromatic carbocycles. The lowest BCUT2D eigenvalue weighted by molar-refractivity contribution is -0.384. The summed E-state index contributed by atoms with van der Waals surface area (Å²) >= 11 is 5.64. The van der Waals surface area contributed by atoms with Gasteiger partial charge in [0.05, 0.1) is 28.3 Å². The highest BCUT2D eigenvalue weighted by atomic mass is 35.5. The molecule has 1 heterocycles. The molecule has 0 spiro atoms. The Morgan fingerprint density at radius 2 is 2.20 bits per heavy atom. The molecule has 5 nitrogen and oxygen atoms in total. The van der Waals surface area contributed by atoms with Crippen LogP contribution in [-0.2, 0) is 6.54 Å². The van der Waals surface area contributed by atoms with Crippen molar-refractivity contribution in [1.29, 1.82) is 0 Å². The van der Waals surface area contributed by atoms with Crippen molar-refractivity contribution in [1.82, 2.24) is 4.98 Å². The fourth-order valence-electron chi connectivity index (χ4n) is 1.71. The molecule has 0 saturated heterocycles. The number of aryl methyl sites for hydroxylation is 1. The number of aromatic nitrogens is 1. The monoisotopic (exact) mass is 295 g/mol. The van der Waals surface area contributed by atoms with Gasteiger partial charge in [0.2, 0.25) is 0 Å². The van der Waals surface area contributed by atoms with E-state index in [1.807, 2.05) is 19.1 Å². The van der Waals surface area contributed by atoms with Crippen LogP contribution in [0.5, 0.6) is 0 Å². The van der Waals surface area contributed by atoms with E-state index in [1.165, 1.54) is 6.07 Å². The van der Waals surface area contributed by atoms with Crippen molar-refractivity contribution in [3.05, 3.63) is 62.7 Å². The summed E-state index contributed by atoms with van der Waals surface area (Å²) in [5.41, 5.74) is 1.36. The molecule has 0 amide bonds. The van der Waals surface area contributed by atoms with Gasteiger partial charge in [-0.15, -0.1) is 0 Å². The number of hydrogen-bond donors (Lipinski definition) is 1. The number of anilines is 1.